The number of fused-ring (bicyclic) bond motifs is 1. The zero-order valence-corrected chi connectivity index (χ0v) is 21.7. The third-order valence-corrected chi connectivity index (χ3v) is 5.76. The van der Waals surface area contributed by atoms with Crippen molar-refractivity contribution in [1.82, 2.24) is 0 Å². The Morgan fingerprint density at radius 2 is 1.36 bits per heavy atom. The normalized spacial score (nSPS) is 12.8. The van der Waals surface area contributed by atoms with Crippen LogP contribution in [0.15, 0.2) is 91.1 Å². The molecule has 4 nitrogen and oxygen atoms in total. The summed E-state index contributed by atoms with van der Waals surface area (Å²) in [5, 5.41) is 1.98. The van der Waals surface area contributed by atoms with Crippen molar-refractivity contribution in [1.29, 1.82) is 0 Å². The lowest BCUT2D eigenvalue weighted by atomic mass is 10.0. The zero-order chi connectivity index (χ0) is 25.8. The molecule has 0 N–H and O–H groups in total. The maximum Gasteiger partial charge on any atom is 0.339 e. The molecule has 1 unspecified atom stereocenters. The van der Waals surface area contributed by atoms with Gasteiger partial charge in [-0.1, -0.05) is 85.0 Å². The highest BCUT2D eigenvalue weighted by Crippen LogP contribution is 2.20. The zero-order valence-electron chi connectivity index (χ0n) is 21.7. The standard InChI is InChI=1S/C32H40O4/c1-27(36-32(34)30-25-20-23-28-22-18-19-24-29(28)30)21-16-14-12-10-8-6-4-3-5-7-9-11-13-15-17-26-31(33)35-2/h4-7,10-13,18-20,22-25,27H,3,8-9,14-17,21,26H2,1-2H3/b6-4+,7-5+,12-10+,13-11+. The lowest BCUT2D eigenvalue weighted by Gasteiger charge is -2.13. The molecule has 0 heterocycles. The summed E-state index contributed by atoms with van der Waals surface area (Å²) in [6.07, 6.45) is 25.0. The van der Waals surface area contributed by atoms with Crippen molar-refractivity contribution in [2.45, 2.75) is 70.8 Å². The van der Waals surface area contributed by atoms with Crippen molar-refractivity contribution in [3.05, 3.63) is 96.6 Å². The molecule has 0 amide bonds. The molecule has 0 aliphatic carbocycles. The lowest BCUT2D eigenvalue weighted by molar-refractivity contribution is -0.140. The average molecular weight is 489 g/mol. The van der Waals surface area contributed by atoms with Gasteiger partial charge in [0.2, 0.25) is 0 Å². The summed E-state index contributed by atoms with van der Waals surface area (Å²) in [6, 6.07) is 13.6. The third-order valence-electron chi connectivity index (χ3n) is 5.76. The Balaban J connectivity index is 1.51. The van der Waals surface area contributed by atoms with Crippen LogP contribution in [0, 0.1) is 0 Å². The van der Waals surface area contributed by atoms with Gasteiger partial charge in [0.25, 0.3) is 0 Å². The second kappa shape index (κ2) is 18.0. The van der Waals surface area contributed by atoms with E-state index in [0.29, 0.717) is 12.0 Å². The quantitative estimate of drug-likeness (QED) is 0.135. The van der Waals surface area contributed by atoms with Crippen LogP contribution in [-0.2, 0) is 14.3 Å². The van der Waals surface area contributed by atoms with Gasteiger partial charge >= 0.3 is 11.9 Å². The largest absolute Gasteiger partial charge is 0.469 e. The molecule has 0 saturated heterocycles. The number of methoxy groups -OCH3 is 1. The minimum Gasteiger partial charge on any atom is -0.469 e. The van der Waals surface area contributed by atoms with Gasteiger partial charge in [-0.3, -0.25) is 4.79 Å². The molecular formula is C32H40O4. The van der Waals surface area contributed by atoms with Crippen LogP contribution in [0.1, 0.15) is 75.1 Å². The van der Waals surface area contributed by atoms with Crippen molar-refractivity contribution >= 4 is 22.7 Å². The molecule has 36 heavy (non-hydrogen) atoms. The van der Waals surface area contributed by atoms with Gasteiger partial charge in [-0.05, 0) is 75.1 Å². The first-order chi connectivity index (χ1) is 17.6. The molecule has 0 aromatic heterocycles. The molecular weight excluding hydrogens is 448 g/mol. The fraction of sp³-hybridized carbons (Fsp3) is 0.375. The summed E-state index contributed by atoms with van der Waals surface area (Å²) in [5.74, 6) is -0.393. The molecule has 192 valence electrons. The average Bonchev–Trinajstić information content (AvgIpc) is 2.89. The van der Waals surface area contributed by atoms with E-state index in [4.69, 9.17) is 4.74 Å². The molecule has 0 aliphatic heterocycles. The number of carbonyl (C=O) groups is 2. The molecule has 0 fully saturated rings. The number of hydrogen-bond acceptors (Lipinski definition) is 4. The first kappa shape index (κ1) is 28.8. The van der Waals surface area contributed by atoms with E-state index in [2.05, 4.69) is 53.3 Å². The molecule has 0 aliphatic rings. The Bertz CT molecular complexity index is 1040. The van der Waals surface area contributed by atoms with Crippen molar-refractivity contribution in [2.75, 3.05) is 7.11 Å². The molecule has 0 bridgehead atoms. The maximum absolute atomic E-state index is 12.6. The highest BCUT2D eigenvalue weighted by molar-refractivity contribution is 6.04. The van der Waals surface area contributed by atoms with Gasteiger partial charge in [0.1, 0.15) is 0 Å². The predicted molar refractivity (Wildman–Crippen MR) is 149 cm³/mol. The van der Waals surface area contributed by atoms with Gasteiger partial charge in [-0.2, -0.15) is 0 Å². The van der Waals surface area contributed by atoms with Crippen molar-refractivity contribution in [3.8, 4) is 0 Å². The monoisotopic (exact) mass is 488 g/mol. The first-order valence-electron chi connectivity index (χ1n) is 13.0. The van der Waals surface area contributed by atoms with Gasteiger partial charge in [0.05, 0.1) is 18.8 Å². The number of esters is 2. The maximum atomic E-state index is 12.6. The highest BCUT2D eigenvalue weighted by Gasteiger charge is 2.14. The Labute approximate surface area is 216 Å². The molecule has 0 radical (unpaired) electrons. The van der Waals surface area contributed by atoms with Crippen LogP contribution in [0.25, 0.3) is 10.8 Å². The van der Waals surface area contributed by atoms with Crippen molar-refractivity contribution in [2.24, 2.45) is 0 Å². The number of carbonyl (C=O) groups excluding carboxylic acids is 2. The Hall–Kier alpha value is -3.40. The lowest BCUT2D eigenvalue weighted by Crippen LogP contribution is -2.15. The van der Waals surface area contributed by atoms with E-state index in [0.717, 1.165) is 62.1 Å². The topological polar surface area (TPSA) is 52.6 Å². The number of benzene rings is 2. The summed E-state index contributed by atoms with van der Waals surface area (Å²) in [4.78, 5) is 23.6. The van der Waals surface area contributed by atoms with E-state index in [9.17, 15) is 9.59 Å². The van der Waals surface area contributed by atoms with Gasteiger partial charge in [-0.25, -0.2) is 4.79 Å². The molecule has 0 saturated carbocycles. The molecule has 0 spiro atoms. The van der Waals surface area contributed by atoms with E-state index in [1.807, 2.05) is 49.4 Å². The predicted octanol–water partition coefficient (Wildman–Crippen LogP) is 8.29. The van der Waals surface area contributed by atoms with Crippen molar-refractivity contribution < 1.29 is 19.1 Å². The molecule has 4 heteroatoms. The number of allylic oxidation sites excluding steroid dienone is 8. The molecule has 2 aromatic rings. The van der Waals surface area contributed by atoms with Crippen LogP contribution >= 0.6 is 0 Å². The Kier molecular flexibility index (Phi) is 14.4. The fourth-order valence-corrected chi connectivity index (χ4v) is 3.75. The van der Waals surface area contributed by atoms with Crippen LogP contribution in [0.5, 0.6) is 0 Å². The van der Waals surface area contributed by atoms with E-state index in [1.54, 1.807) is 0 Å². The summed E-state index contributed by atoms with van der Waals surface area (Å²) in [5.41, 5.74) is 0.630. The first-order valence-corrected chi connectivity index (χ1v) is 13.0. The number of ether oxygens (including phenoxy) is 2. The Morgan fingerprint density at radius 1 is 0.778 bits per heavy atom. The van der Waals surface area contributed by atoms with E-state index < -0.39 is 0 Å². The Morgan fingerprint density at radius 3 is 2.03 bits per heavy atom. The van der Waals surface area contributed by atoms with Crippen LogP contribution in [0.3, 0.4) is 0 Å². The van der Waals surface area contributed by atoms with Crippen LogP contribution < -0.4 is 0 Å². The van der Waals surface area contributed by atoms with E-state index in [-0.39, 0.29) is 18.0 Å². The summed E-state index contributed by atoms with van der Waals surface area (Å²) in [7, 11) is 1.42. The smallest absolute Gasteiger partial charge is 0.339 e. The van der Waals surface area contributed by atoms with Gasteiger partial charge < -0.3 is 9.47 Å². The van der Waals surface area contributed by atoms with Crippen LogP contribution in [0.2, 0.25) is 0 Å². The van der Waals surface area contributed by atoms with Gasteiger partial charge in [0.15, 0.2) is 0 Å². The van der Waals surface area contributed by atoms with Crippen LogP contribution in [-0.4, -0.2) is 25.2 Å². The number of rotatable bonds is 16. The van der Waals surface area contributed by atoms with Crippen molar-refractivity contribution in [3.63, 3.8) is 0 Å². The van der Waals surface area contributed by atoms with E-state index >= 15 is 0 Å². The molecule has 2 rings (SSSR count). The summed E-state index contributed by atoms with van der Waals surface area (Å²) in [6.45, 7) is 1.96. The van der Waals surface area contributed by atoms with Crippen LogP contribution in [0.4, 0.5) is 0 Å². The minimum absolute atomic E-state index is 0.105. The van der Waals surface area contributed by atoms with Gasteiger partial charge in [-0.15, -0.1) is 0 Å². The SMILES string of the molecule is COC(=O)CCC/C=C/C/C=C/C/C=C/C/C=C/CCCC(C)OC(=O)c1cccc2ccccc12. The van der Waals surface area contributed by atoms with E-state index in [1.165, 1.54) is 7.11 Å². The molecule has 2 aromatic carbocycles. The summed E-state index contributed by atoms with van der Waals surface area (Å²) < 4.78 is 10.3. The number of unbranched alkanes of at least 4 members (excludes halogenated alkanes) is 2. The second-order valence-electron chi connectivity index (χ2n) is 8.73. The number of hydrogen-bond donors (Lipinski definition) is 0. The summed E-state index contributed by atoms with van der Waals surface area (Å²) >= 11 is 0. The highest BCUT2D eigenvalue weighted by atomic mass is 16.5. The second-order valence-corrected chi connectivity index (χ2v) is 8.73. The van der Waals surface area contributed by atoms with Gasteiger partial charge in [0, 0.05) is 6.42 Å². The minimum atomic E-state index is -0.249. The third kappa shape index (κ3) is 11.8. The molecule has 1 atom stereocenters. The fourth-order valence-electron chi connectivity index (χ4n) is 3.75.